The van der Waals surface area contributed by atoms with Crippen LogP contribution in [0.3, 0.4) is 0 Å². The van der Waals surface area contributed by atoms with E-state index < -0.39 is 0 Å². The van der Waals surface area contributed by atoms with Gasteiger partial charge >= 0.3 is 0 Å². The molecule has 0 spiro atoms. The largest absolute Gasteiger partial charge is 0.349 e. The molecule has 1 N–H and O–H groups in total. The fourth-order valence-corrected chi connectivity index (χ4v) is 4.22. The molecule has 0 unspecified atom stereocenters. The molecule has 1 saturated heterocycles. The first-order valence-electron chi connectivity index (χ1n) is 11.0. The second kappa shape index (κ2) is 8.94. The Hall–Kier alpha value is -3.48. The van der Waals surface area contributed by atoms with Crippen LogP contribution in [-0.4, -0.2) is 52.6 Å². The van der Waals surface area contributed by atoms with E-state index in [9.17, 15) is 19.2 Å². The van der Waals surface area contributed by atoms with E-state index in [2.05, 4.69) is 5.32 Å². The topological polar surface area (TPSA) is 86.8 Å². The molecule has 32 heavy (non-hydrogen) atoms. The lowest BCUT2D eigenvalue weighted by molar-refractivity contribution is -0.135. The number of likely N-dealkylation sites (tertiary alicyclic amines) is 1. The summed E-state index contributed by atoms with van der Waals surface area (Å²) in [5, 5.41) is 3.01. The summed E-state index contributed by atoms with van der Waals surface area (Å²) in [6.45, 7) is 5.21. The van der Waals surface area contributed by atoms with Gasteiger partial charge in [0.2, 0.25) is 5.91 Å². The van der Waals surface area contributed by atoms with Gasteiger partial charge in [0.1, 0.15) is 0 Å². The van der Waals surface area contributed by atoms with Crippen molar-refractivity contribution in [3.63, 3.8) is 0 Å². The lowest BCUT2D eigenvalue weighted by Gasteiger charge is -2.33. The van der Waals surface area contributed by atoms with Crippen molar-refractivity contribution >= 4 is 23.6 Å². The second-order valence-electron chi connectivity index (χ2n) is 8.67. The minimum Gasteiger partial charge on any atom is -0.349 e. The zero-order chi connectivity index (χ0) is 22.8. The molecule has 4 rings (SSSR count). The van der Waals surface area contributed by atoms with Crippen molar-refractivity contribution in [2.24, 2.45) is 5.92 Å². The maximum atomic E-state index is 12.9. The Morgan fingerprint density at radius 2 is 1.62 bits per heavy atom. The summed E-state index contributed by atoms with van der Waals surface area (Å²) in [7, 11) is 0. The van der Waals surface area contributed by atoms with Crippen molar-refractivity contribution in [1.29, 1.82) is 0 Å². The zero-order valence-corrected chi connectivity index (χ0v) is 18.3. The molecule has 2 aromatic rings. The average Bonchev–Trinajstić information content (AvgIpc) is 3.04. The maximum Gasteiger partial charge on any atom is 0.261 e. The van der Waals surface area contributed by atoms with E-state index in [1.54, 1.807) is 12.1 Å². The fourth-order valence-electron chi connectivity index (χ4n) is 4.22. The van der Waals surface area contributed by atoms with Gasteiger partial charge < -0.3 is 10.2 Å². The third kappa shape index (κ3) is 4.28. The van der Waals surface area contributed by atoms with Crippen LogP contribution in [0.2, 0.25) is 0 Å². The molecule has 0 saturated carbocycles. The lowest BCUT2D eigenvalue weighted by Crippen LogP contribution is -2.47. The summed E-state index contributed by atoms with van der Waals surface area (Å²) in [6.07, 6.45) is 1.38. The minimum atomic E-state index is -0.385. The summed E-state index contributed by atoms with van der Waals surface area (Å²) in [6, 6.07) is 13.9. The number of amides is 4. The average molecular weight is 434 g/mol. The van der Waals surface area contributed by atoms with Crippen molar-refractivity contribution in [3.05, 3.63) is 70.8 Å². The van der Waals surface area contributed by atoms with Crippen molar-refractivity contribution < 1.29 is 19.2 Å². The van der Waals surface area contributed by atoms with Crippen LogP contribution in [0.5, 0.6) is 0 Å². The van der Waals surface area contributed by atoms with Crippen LogP contribution in [0.4, 0.5) is 0 Å². The van der Waals surface area contributed by atoms with Crippen molar-refractivity contribution in [3.8, 4) is 0 Å². The number of nitrogens with one attached hydrogen (secondary N) is 1. The number of rotatable bonds is 5. The summed E-state index contributed by atoms with van der Waals surface area (Å²) < 4.78 is 0. The number of hydrogen-bond acceptors (Lipinski definition) is 4. The van der Waals surface area contributed by atoms with Crippen molar-refractivity contribution in [2.45, 2.75) is 39.3 Å². The molecule has 0 atom stereocenters. The quantitative estimate of drug-likeness (QED) is 0.735. The van der Waals surface area contributed by atoms with Crippen LogP contribution in [0.1, 0.15) is 63.3 Å². The number of nitrogens with zero attached hydrogens (tertiary/aromatic N) is 2. The third-order valence-corrected chi connectivity index (χ3v) is 6.05. The molecule has 2 aromatic carbocycles. The second-order valence-corrected chi connectivity index (χ2v) is 8.67. The summed E-state index contributed by atoms with van der Waals surface area (Å²) in [5.74, 6) is -0.902. The van der Waals surface area contributed by atoms with Gasteiger partial charge in [-0.2, -0.15) is 0 Å². The monoisotopic (exact) mass is 433 g/mol. The Kier molecular flexibility index (Phi) is 6.08. The lowest BCUT2D eigenvalue weighted by atomic mass is 10.0. The van der Waals surface area contributed by atoms with Crippen molar-refractivity contribution in [2.75, 3.05) is 13.1 Å². The molecule has 0 radical (unpaired) electrons. The molecule has 0 aromatic heterocycles. The number of fused-ring (bicyclic) bond motifs is 1. The van der Waals surface area contributed by atoms with E-state index in [0.29, 0.717) is 37.1 Å². The first-order valence-corrected chi connectivity index (χ1v) is 11.0. The number of piperidine rings is 1. The molecule has 166 valence electrons. The molecule has 2 heterocycles. The standard InChI is InChI=1S/C25H27N3O4/c1-16(2)23(30)27-12-10-19(11-13-27)26-22(29)18-8-9-20-21(14-18)25(32)28(24(20)31)15-17-6-4-3-5-7-17/h3-9,14,16,19H,10-13,15H2,1-2H3,(H,26,29). The van der Waals surface area contributed by atoms with E-state index >= 15 is 0 Å². The maximum absolute atomic E-state index is 12.9. The molecule has 2 aliphatic heterocycles. The normalized spacial score (nSPS) is 16.5. The van der Waals surface area contributed by atoms with Crippen molar-refractivity contribution in [1.82, 2.24) is 15.1 Å². The van der Waals surface area contributed by atoms with E-state index in [-0.39, 0.29) is 47.7 Å². The van der Waals surface area contributed by atoms with Crippen LogP contribution < -0.4 is 5.32 Å². The highest BCUT2D eigenvalue weighted by molar-refractivity contribution is 6.22. The van der Waals surface area contributed by atoms with Crippen LogP contribution in [0, 0.1) is 5.92 Å². The smallest absolute Gasteiger partial charge is 0.261 e. The molecule has 7 nitrogen and oxygen atoms in total. The minimum absolute atomic E-state index is 0.0288. The van der Waals surface area contributed by atoms with E-state index in [0.717, 1.165) is 5.56 Å². The van der Waals surface area contributed by atoms with Crippen LogP contribution in [0.15, 0.2) is 48.5 Å². The van der Waals surface area contributed by atoms with Gasteiger partial charge in [0.25, 0.3) is 17.7 Å². The molecule has 2 aliphatic rings. The molecule has 7 heteroatoms. The number of imide groups is 1. The Morgan fingerprint density at radius 3 is 2.28 bits per heavy atom. The van der Waals surface area contributed by atoms with E-state index in [4.69, 9.17) is 0 Å². The van der Waals surface area contributed by atoms with Crippen LogP contribution in [0.25, 0.3) is 0 Å². The first kappa shape index (κ1) is 21.7. The molecular formula is C25H27N3O4. The van der Waals surface area contributed by atoms with Gasteiger partial charge in [0.15, 0.2) is 0 Å². The molecule has 0 aliphatic carbocycles. The van der Waals surface area contributed by atoms with Gasteiger partial charge in [-0.05, 0) is 36.6 Å². The van der Waals surface area contributed by atoms with Crippen LogP contribution >= 0.6 is 0 Å². The number of hydrogen-bond donors (Lipinski definition) is 1. The SMILES string of the molecule is CC(C)C(=O)N1CCC(NC(=O)c2ccc3c(c2)C(=O)N(Cc2ccccc2)C3=O)CC1. The van der Waals surface area contributed by atoms with E-state index in [1.165, 1.54) is 11.0 Å². The van der Waals surface area contributed by atoms with E-state index in [1.807, 2.05) is 49.1 Å². The van der Waals surface area contributed by atoms with Gasteiger partial charge in [0.05, 0.1) is 17.7 Å². The zero-order valence-electron chi connectivity index (χ0n) is 18.3. The molecule has 0 bridgehead atoms. The van der Waals surface area contributed by atoms with Gasteiger partial charge in [0, 0.05) is 30.6 Å². The van der Waals surface area contributed by atoms with Gasteiger partial charge in [-0.1, -0.05) is 44.2 Å². The molecular weight excluding hydrogens is 406 g/mol. The highest BCUT2D eigenvalue weighted by atomic mass is 16.2. The number of carbonyl (C=O) groups excluding carboxylic acids is 4. The predicted octanol–water partition coefficient (Wildman–Crippen LogP) is 2.86. The Balaban J connectivity index is 1.41. The van der Waals surface area contributed by atoms with Gasteiger partial charge in [-0.3, -0.25) is 24.1 Å². The fraction of sp³-hybridized carbons (Fsp3) is 0.360. The highest BCUT2D eigenvalue weighted by Gasteiger charge is 2.36. The summed E-state index contributed by atoms with van der Waals surface area (Å²) in [4.78, 5) is 53.6. The molecule has 4 amide bonds. The third-order valence-electron chi connectivity index (χ3n) is 6.05. The Bertz CT molecular complexity index is 1060. The number of benzene rings is 2. The number of carbonyl (C=O) groups is 4. The highest BCUT2D eigenvalue weighted by Crippen LogP contribution is 2.26. The summed E-state index contributed by atoms with van der Waals surface area (Å²) in [5.41, 5.74) is 1.80. The Morgan fingerprint density at radius 1 is 0.969 bits per heavy atom. The predicted molar refractivity (Wildman–Crippen MR) is 119 cm³/mol. The molecule has 1 fully saturated rings. The Labute approximate surface area is 187 Å². The summed E-state index contributed by atoms with van der Waals surface area (Å²) >= 11 is 0. The first-order chi connectivity index (χ1) is 15.3. The van der Waals surface area contributed by atoms with Crippen LogP contribution in [-0.2, 0) is 11.3 Å². The van der Waals surface area contributed by atoms with Gasteiger partial charge in [-0.25, -0.2) is 0 Å². The van der Waals surface area contributed by atoms with Gasteiger partial charge in [-0.15, -0.1) is 0 Å².